The Bertz CT molecular complexity index is 570. The van der Waals surface area contributed by atoms with Crippen molar-refractivity contribution >= 4 is 0 Å². The van der Waals surface area contributed by atoms with Gasteiger partial charge in [0, 0.05) is 6.42 Å². The Kier molecular flexibility index (Phi) is 4.97. The third-order valence-corrected chi connectivity index (χ3v) is 4.11. The first kappa shape index (κ1) is 17.3. The second-order valence-corrected chi connectivity index (χ2v) is 6.18. The van der Waals surface area contributed by atoms with Crippen LogP contribution in [0.5, 0.6) is 11.5 Å². The van der Waals surface area contributed by atoms with Crippen LogP contribution in [-0.2, 0) is 11.2 Å². The normalized spacial score (nSPS) is 16.3. The van der Waals surface area contributed by atoms with E-state index in [-0.39, 0.29) is 6.42 Å². The van der Waals surface area contributed by atoms with E-state index >= 15 is 0 Å². The minimum absolute atomic E-state index is 0.165. The lowest BCUT2D eigenvalue weighted by atomic mass is 9.81. The maximum absolute atomic E-state index is 10.8. The Balaban J connectivity index is 2.21. The van der Waals surface area contributed by atoms with Crippen LogP contribution in [0.3, 0.4) is 0 Å². The minimum Gasteiger partial charge on any atom is -0.497 e. The zero-order chi connectivity index (χ0) is 17.1. The van der Waals surface area contributed by atoms with Crippen molar-refractivity contribution in [3.05, 3.63) is 59.7 Å². The molecule has 0 aliphatic rings. The molecule has 0 amide bonds. The SMILES string of the molecule is COc1ccc([C@@](C)(O)C[C@](C)(O)c2ccc(OC)cc2)cc1. The predicted octanol–water partition coefficient (Wildman–Crippen LogP) is 3.21. The van der Waals surface area contributed by atoms with E-state index in [0.717, 1.165) is 22.6 Å². The number of rotatable bonds is 6. The molecule has 0 radical (unpaired) electrons. The van der Waals surface area contributed by atoms with Gasteiger partial charge in [-0.1, -0.05) is 24.3 Å². The van der Waals surface area contributed by atoms with E-state index in [9.17, 15) is 10.2 Å². The Morgan fingerprint density at radius 3 is 1.26 bits per heavy atom. The van der Waals surface area contributed by atoms with Crippen molar-refractivity contribution in [2.24, 2.45) is 0 Å². The molecule has 0 aliphatic carbocycles. The summed E-state index contributed by atoms with van der Waals surface area (Å²) in [5.41, 5.74) is -0.884. The van der Waals surface area contributed by atoms with Gasteiger partial charge in [0.1, 0.15) is 11.5 Å². The molecule has 0 heterocycles. The lowest BCUT2D eigenvalue weighted by Gasteiger charge is -2.33. The molecule has 23 heavy (non-hydrogen) atoms. The van der Waals surface area contributed by atoms with Gasteiger partial charge in [0.05, 0.1) is 25.4 Å². The average molecular weight is 316 g/mol. The van der Waals surface area contributed by atoms with Crippen molar-refractivity contribution in [1.82, 2.24) is 0 Å². The maximum atomic E-state index is 10.8. The molecule has 2 rings (SSSR count). The first-order valence-electron chi connectivity index (χ1n) is 7.52. The van der Waals surface area contributed by atoms with Gasteiger partial charge in [0.2, 0.25) is 0 Å². The smallest absolute Gasteiger partial charge is 0.118 e. The number of aliphatic hydroxyl groups is 2. The van der Waals surface area contributed by atoms with Gasteiger partial charge in [-0.15, -0.1) is 0 Å². The van der Waals surface area contributed by atoms with E-state index in [0.29, 0.717) is 0 Å². The zero-order valence-electron chi connectivity index (χ0n) is 14.0. The van der Waals surface area contributed by atoms with E-state index in [4.69, 9.17) is 9.47 Å². The molecule has 0 fully saturated rings. The summed E-state index contributed by atoms with van der Waals surface area (Å²) in [6, 6.07) is 14.4. The zero-order valence-corrected chi connectivity index (χ0v) is 14.0. The first-order valence-corrected chi connectivity index (χ1v) is 7.52. The van der Waals surface area contributed by atoms with E-state index < -0.39 is 11.2 Å². The van der Waals surface area contributed by atoms with Gasteiger partial charge in [0.15, 0.2) is 0 Å². The largest absolute Gasteiger partial charge is 0.497 e. The van der Waals surface area contributed by atoms with Crippen LogP contribution in [0.25, 0.3) is 0 Å². The molecule has 0 aromatic heterocycles. The van der Waals surface area contributed by atoms with Crippen LogP contribution in [0.15, 0.2) is 48.5 Å². The fourth-order valence-electron chi connectivity index (χ4n) is 2.77. The van der Waals surface area contributed by atoms with E-state index in [2.05, 4.69) is 0 Å². The molecule has 0 saturated heterocycles. The third kappa shape index (κ3) is 4.03. The van der Waals surface area contributed by atoms with Crippen LogP contribution in [0.2, 0.25) is 0 Å². The Morgan fingerprint density at radius 2 is 1.00 bits per heavy atom. The molecule has 0 aliphatic heterocycles. The lowest BCUT2D eigenvalue weighted by molar-refractivity contribution is -0.0525. The maximum Gasteiger partial charge on any atom is 0.118 e. The van der Waals surface area contributed by atoms with Crippen molar-refractivity contribution in [3.63, 3.8) is 0 Å². The lowest BCUT2D eigenvalue weighted by Crippen LogP contribution is -2.33. The van der Waals surface area contributed by atoms with Gasteiger partial charge in [-0.25, -0.2) is 0 Å². The van der Waals surface area contributed by atoms with Gasteiger partial charge in [0.25, 0.3) is 0 Å². The number of hydrogen-bond acceptors (Lipinski definition) is 4. The highest BCUT2D eigenvalue weighted by atomic mass is 16.5. The monoisotopic (exact) mass is 316 g/mol. The first-order chi connectivity index (χ1) is 10.8. The topological polar surface area (TPSA) is 58.9 Å². The quantitative estimate of drug-likeness (QED) is 0.859. The summed E-state index contributed by atoms with van der Waals surface area (Å²) in [7, 11) is 3.20. The summed E-state index contributed by atoms with van der Waals surface area (Å²) < 4.78 is 10.3. The molecule has 0 saturated carbocycles. The second kappa shape index (κ2) is 6.60. The van der Waals surface area contributed by atoms with E-state index in [1.165, 1.54) is 0 Å². The molecule has 0 unspecified atom stereocenters. The molecule has 2 N–H and O–H groups in total. The molecule has 0 spiro atoms. The van der Waals surface area contributed by atoms with Gasteiger partial charge >= 0.3 is 0 Å². The number of methoxy groups -OCH3 is 2. The Morgan fingerprint density at radius 1 is 0.696 bits per heavy atom. The summed E-state index contributed by atoms with van der Waals surface area (Å²) in [5, 5.41) is 21.6. The van der Waals surface area contributed by atoms with E-state index in [1.807, 2.05) is 24.3 Å². The van der Waals surface area contributed by atoms with Gasteiger partial charge < -0.3 is 19.7 Å². The minimum atomic E-state index is -1.17. The van der Waals surface area contributed by atoms with Crippen molar-refractivity contribution < 1.29 is 19.7 Å². The molecule has 124 valence electrons. The van der Waals surface area contributed by atoms with Crippen LogP contribution in [0, 0.1) is 0 Å². The van der Waals surface area contributed by atoms with Crippen LogP contribution in [-0.4, -0.2) is 24.4 Å². The number of ether oxygens (including phenoxy) is 2. The molecule has 4 heteroatoms. The summed E-state index contributed by atoms with van der Waals surface area (Å²) >= 11 is 0. The van der Waals surface area contributed by atoms with Crippen LogP contribution in [0.4, 0.5) is 0 Å². The van der Waals surface area contributed by atoms with Gasteiger partial charge in [-0.05, 0) is 49.2 Å². The second-order valence-electron chi connectivity index (χ2n) is 6.18. The standard InChI is InChI=1S/C19H24O4/c1-18(20,14-5-9-16(22-3)10-6-14)13-19(2,21)15-7-11-17(23-4)12-8-15/h5-12,20-21H,13H2,1-4H3/t18-,19-/m0/s1. The molecule has 2 atom stereocenters. The predicted molar refractivity (Wildman–Crippen MR) is 89.7 cm³/mol. The summed E-state index contributed by atoms with van der Waals surface area (Å²) in [5.74, 6) is 1.46. The fraction of sp³-hybridized carbons (Fsp3) is 0.368. The van der Waals surface area contributed by atoms with Crippen LogP contribution >= 0.6 is 0 Å². The van der Waals surface area contributed by atoms with E-state index in [1.54, 1.807) is 52.3 Å². The van der Waals surface area contributed by atoms with Crippen molar-refractivity contribution in [3.8, 4) is 11.5 Å². The molecule has 4 nitrogen and oxygen atoms in total. The average Bonchev–Trinajstić information content (AvgIpc) is 2.54. The molecular weight excluding hydrogens is 292 g/mol. The van der Waals surface area contributed by atoms with Crippen LogP contribution in [0.1, 0.15) is 31.4 Å². The molecule has 2 aromatic rings. The highest BCUT2D eigenvalue weighted by molar-refractivity contribution is 5.33. The van der Waals surface area contributed by atoms with Crippen LogP contribution < -0.4 is 9.47 Å². The number of benzene rings is 2. The highest BCUT2D eigenvalue weighted by Crippen LogP contribution is 2.36. The summed E-state index contributed by atoms with van der Waals surface area (Å²) in [4.78, 5) is 0. The van der Waals surface area contributed by atoms with Crippen molar-refractivity contribution in [2.45, 2.75) is 31.5 Å². The Hall–Kier alpha value is -2.04. The van der Waals surface area contributed by atoms with Crippen molar-refractivity contribution in [1.29, 1.82) is 0 Å². The Labute approximate surface area is 137 Å². The molecule has 2 aromatic carbocycles. The van der Waals surface area contributed by atoms with Gasteiger partial charge in [-0.3, -0.25) is 0 Å². The highest BCUT2D eigenvalue weighted by Gasteiger charge is 2.35. The number of hydrogen-bond donors (Lipinski definition) is 2. The van der Waals surface area contributed by atoms with Gasteiger partial charge in [-0.2, -0.15) is 0 Å². The fourth-order valence-corrected chi connectivity index (χ4v) is 2.77. The summed E-state index contributed by atoms with van der Waals surface area (Å²) in [6.07, 6.45) is 0.165. The van der Waals surface area contributed by atoms with Crippen molar-refractivity contribution in [2.75, 3.05) is 14.2 Å². The molecular formula is C19H24O4. The summed E-state index contributed by atoms with van der Waals surface area (Å²) in [6.45, 7) is 3.40. The molecule has 0 bridgehead atoms. The third-order valence-electron chi connectivity index (χ3n) is 4.11.